The Morgan fingerprint density at radius 2 is 2.07 bits per heavy atom. The molecule has 0 saturated heterocycles. The predicted molar refractivity (Wildman–Crippen MR) is 58.4 cm³/mol. The van der Waals surface area contributed by atoms with Crippen molar-refractivity contribution in [2.45, 2.75) is 0 Å². The number of nitrogen functional groups attached to an aromatic ring is 1. The monoisotopic (exact) mass is 201 g/mol. The highest BCUT2D eigenvalue weighted by atomic mass is 16.5. The van der Waals surface area contributed by atoms with Crippen molar-refractivity contribution in [1.82, 2.24) is 9.97 Å². The molecule has 0 aliphatic carbocycles. The summed E-state index contributed by atoms with van der Waals surface area (Å²) in [4.78, 5) is 8.31. The van der Waals surface area contributed by atoms with Crippen LogP contribution in [0.3, 0.4) is 0 Å². The SMILES string of the molecule is COc1ncccc1-c1cccc(N)n1. The summed E-state index contributed by atoms with van der Waals surface area (Å²) in [6, 6.07) is 9.20. The standard InChI is InChI=1S/C11H11N3O/c1-15-11-8(4-3-7-13-11)9-5-2-6-10(12)14-9/h2-7H,1H3,(H2,12,14). The molecule has 0 bridgehead atoms. The van der Waals surface area contributed by atoms with Crippen molar-refractivity contribution in [2.24, 2.45) is 0 Å². The van der Waals surface area contributed by atoms with Gasteiger partial charge in [0.25, 0.3) is 0 Å². The summed E-state index contributed by atoms with van der Waals surface area (Å²) in [6.45, 7) is 0. The van der Waals surface area contributed by atoms with Crippen LogP contribution in [0.25, 0.3) is 11.3 Å². The maximum absolute atomic E-state index is 5.62. The number of hydrogen-bond donors (Lipinski definition) is 1. The molecule has 0 aromatic carbocycles. The van der Waals surface area contributed by atoms with Crippen LogP contribution in [0.15, 0.2) is 36.5 Å². The van der Waals surface area contributed by atoms with Gasteiger partial charge in [0.2, 0.25) is 5.88 Å². The average Bonchev–Trinajstić information content (AvgIpc) is 2.29. The van der Waals surface area contributed by atoms with Crippen molar-refractivity contribution in [3.63, 3.8) is 0 Å². The fourth-order valence-electron chi connectivity index (χ4n) is 1.35. The molecular weight excluding hydrogens is 190 g/mol. The lowest BCUT2D eigenvalue weighted by Gasteiger charge is -2.06. The van der Waals surface area contributed by atoms with Gasteiger partial charge in [-0.05, 0) is 24.3 Å². The third-order valence-corrected chi connectivity index (χ3v) is 2.01. The number of pyridine rings is 2. The number of hydrogen-bond acceptors (Lipinski definition) is 4. The predicted octanol–water partition coefficient (Wildman–Crippen LogP) is 1.73. The zero-order valence-electron chi connectivity index (χ0n) is 8.34. The lowest BCUT2D eigenvalue weighted by Crippen LogP contribution is -1.95. The first-order valence-electron chi connectivity index (χ1n) is 4.53. The molecule has 2 N–H and O–H groups in total. The van der Waals surface area contributed by atoms with Gasteiger partial charge >= 0.3 is 0 Å². The number of anilines is 1. The number of rotatable bonds is 2. The minimum Gasteiger partial charge on any atom is -0.481 e. The van der Waals surface area contributed by atoms with E-state index < -0.39 is 0 Å². The van der Waals surface area contributed by atoms with Crippen molar-refractivity contribution in [3.05, 3.63) is 36.5 Å². The van der Waals surface area contributed by atoms with Crippen LogP contribution in [0.4, 0.5) is 5.82 Å². The molecule has 0 unspecified atom stereocenters. The van der Waals surface area contributed by atoms with Crippen molar-refractivity contribution >= 4 is 5.82 Å². The van der Waals surface area contributed by atoms with Crippen LogP contribution >= 0.6 is 0 Å². The quantitative estimate of drug-likeness (QED) is 0.803. The van der Waals surface area contributed by atoms with Crippen LogP contribution in [-0.2, 0) is 0 Å². The Labute approximate surface area is 87.7 Å². The maximum Gasteiger partial charge on any atom is 0.222 e. The van der Waals surface area contributed by atoms with Crippen LogP contribution < -0.4 is 10.5 Å². The van der Waals surface area contributed by atoms with E-state index in [1.807, 2.05) is 24.3 Å². The van der Waals surface area contributed by atoms with E-state index in [0.29, 0.717) is 11.7 Å². The smallest absolute Gasteiger partial charge is 0.222 e. The second-order valence-corrected chi connectivity index (χ2v) is 3.01. The average molecular weight is 201 g/mol. The van der Waals surface area contributed by atoms with E-state index in [1.165, 1.54) is 0 Å². The van der Waals surface area contributed by atoms with Crippen molar-refractivity contribution < 1.29 is 4.74 Å². The van der Waals surface area contributed by atoms with Crippen LogP contribution in [-0.4, -0.2) is 17.1 Å². The first-order valence-corrected chi connectivity index (χ1v) is 4.53. The lowest BCUT2D eigenvalue weighted by atomic mass is 10.2. The van der Waals surface area contributed by atoms with Crippen LogP contribution in [0.1, 0.15) is 0 Å². The van der Waals surface area contributed by atoms with Gasteiger partial charge in [-0.3, -0.25) is 0 Å². The summed E-state index contributed by atoms with van der Waals surface area (Å²) in [5, 5.41) is 0. The molecule has 76 valence electrons. The lowest BCUT2D eigenvalue weighted by molar-refractivity contribution is 0.399. The largest absolute Gasteiger partial charge is 0.481 e. The van der Waals surface area contributed by atoms with E-state index >= 15 is 0 Å². The fraction of sp³-hybridized carbons (Fsp3) is 0.0909. The Kier molecular flexibility index (Phi) is 2.49. The zero-order chi connectivity index (χ0) is 10.7. The van der Waals surface area contributed by atoms with Crippen molar-refractivity contribution in [2.75, 3.05) is 12.8 Å². The first kappa shape index (κ1) is 9.45. The molecule has 0 fully saturated rings. The highest BCUT2D eigenvalue weighted by Gasteiger charge is 2.06. The van der Waals surface area contributed by atoms with Gasteiger partial charge in [-0.25, -0.2) is 9.97 Å². The van der Waals surface area contributed by atoms with E-state index in [-0.39, 0.29) is 0 Å². The maximum atomic E-state index is 5.62. The molecule has 0 atom stereocenters. The highest BCUT2D eigenvalue weighted by Crippen LogP contribution is 2.25. The van der Waals surface area contributed by atoms with Gasteiger partial charge in [-0.2, -0.15) is 0 Å². The fourth-order valence-corrected chi connectivity index (χ4v) is 1.35. The van der Waals surface area contributed by atoms with Gasteiger partial charge in [-0.15, -0.1) is 0 Å². The third-order valence-electron chi connectivity index (χ3n) is 2.01. The molecular formula is C11H11N3O. The van der Waals surface area contributed by atoms with Crippen LogP contribution in [0.5, 0.6) is 5.88 Å². The molecule has 2 heterocycles. The molecule has 0 amide bonds. The molecule has 0 radical (unpaired) electrons. The second-order valence-electron chi connectivity index (χ2n) is 3.01. The van der Waals surface area contributed by atoms with Crippen molar-refractivity contribution in [3.8, 4) is 17.1 Å². The summed E-state index contributed by atoms with van der Waals surface area (Å²) >= 11 is 0. The van der Waals surface area contributed by atoms with Crippen LogP contribution in [0.2, 0.25) is 0 Å². The van der Waals surface area contributed by atoms with E-state index in [1.54, 1.807) is 19.4 Å². The molecule has 0 spiro atoms. The molecule has 0 aliphatic rings. The van der Waals surface area contributed by atoms with Gasteiger partial charge in [0.15, 0.2) is 0 Å². The molecule has 4 nitrogen and oxygen atoms in total. The second kappa shape index (κ2) is 3.96. The highest BCUT2D eigenvalue weighted by molar-refractivity contribution is 5.65. The van der Waals surface area contributed by atoms with Gasteiger partial charge < -0.3 is 10.5 Å². The number of ether oxygens (including phenoxy) is 1. The molecule has 2 aromatic heterocycles. The van der Waals surface area contributed by atoms with Gasteiger partial charge in [0.1, 0.15) is 5.82 Å². The molecule has 2 rings (SSSR count). The summed E-state index contributed by atoms with van der Waals surface area (Å²) in [5.74, 6) is 1.04. The van der Waals surface area contributed by atoms with E-state index in [4.69, 9.17) is 10.5 Å². The van der Waals surface area contributed by atoms with E-state index in [9.17, 15) is 0 Å². The Morgan fingerprint density at radius 1 is 1.20 bits per heavy atom. The Bertz CT molecular complexity index is 471. The number of methoxy groups -OCH3 is 1. The molecule has 2 aromatic rings. The minimum atomic E-state index is 0.485. The Balaban J connectivity index is 2.53. The number of aromatic nitrogens is 2. The van der Waals surface area contributed by atoms with Crippen LogP contribution in [0, 0.1) is 0 Å². The molecule has 4 heteroatoms. The zero-order valence-corrected chi connectivity index (χ0v) is 8.34. The Morgan fingerprint density at radius 3 is 2.80 bits per heavy atom. The third kappa shape index (κ3) is 1.88. The summed E-state index contributed by atoms with van der Waals surface area (Å²) in [6.07, 6.45) is 1.68. The topological polar surface area (TPSA) is 61.0 Å². The van der Waals surface area contributed by atoms with Gasteiger partial charge in [0.05, 0.1) is 18.4 Å². The number of nitrogens with two attached hydrogens (primary N) is 1. The summed E-state index contributed by atoms with van der Waals surface area (Å²) in [7, 11) is 1.58. The normalized spacial score (nSPS) is 9.93. The molecule has 0 saturated carbocycles. The minimum absolute atomic E-state index is 0.485. The number of nitrogens with zero attached hydrogens (tertiary/aromatic N) is 2. The Hall–Kier alpha value is -2.10. The van der Waals surface area contributed by atoms with Gasteiger partial charge in [-0.1, -0.05) is 6.07 Å². The van der Waals surface area contributed by atoms with Gasteiger partial charge in [0, 0.05) is 6.20 Å². The van der Waals surface area contributed by atoms with Crippen molar-refractivity contribution in [1.29, 1.82) is 0 Å². The first-order chi connectivity index (χ1) is 7.31. The summed E-state index contributed by atoms with van der Waals surface area (Å²) in [5.41, 5.74) is 7.22. The van der Waals surface area contributed by atoms with E-state index in [0.717, 1.165) is 11.3 Å². The van der Waals surface area contributed by atoms with E-state index in [2.05, 4.69) is 9.97 Å². The molecule has 15 heavy (non-hydrogen) atoms. The summed E-state index contributed by atoms with van der Waals surface area (Å²) < 4.78 is 5.15. The molecule has 0 aliphatic heterocycles.